The second kappa shape index (κ2) is 4.98. The van der Waals surface area contributed by atoms with E-state index in [1.807, 2.05) is 13.8 Å². The van der Waals surface area contributed by atoms with Crippen molar-refractivity contribution in [2.45, 2.75) is 26.3 Å². The van der Waals surface area contributed by atoms with Crippen molar-refractivity contribution in [2.75, 3.05) is 0 Å². The summed E-state index contributed by atoms with van der Waals surface area (Å²) >= 11 is 0. The maximum Gasteiger partial charge on any atom is 0.338 e. The van der Waals surface area contributed by atoms with Crippen LogP contribution in [0.3, 0.4) is 0 Å². The van der Waals surface area contributed by atoms with Gasteiger partial charge in [-0.05, 0) is 25.0 Å². The Balaban J connectivity index is 2.66. The first-order valence-electron chi connectivity index (χ1n) is 6.35. The van der Waals surface area contributed by atoms with E-state index in [-0.39, 0.29) is 23.0 Å². The van der Waals surface area contributed by atoms with Crippen LogP contribution in [0.1, 0.15) is 36.8 Å². The van der Waals surface area contributed by atoms with Crippen molar-refractivity contribution in [2.24, 2.45) is 10.9 Å². The molecule has 1 aliphatic rings. The molecule has 0 aromatic carbocycles. The Morgan fingerprint density at radius 3 is 2.71 bits per heavy atom. The minimum absolute atomic E-state index is 0.0169. The lowest BCUT2D eigenvalue weighted by molar-refractivity contribution is -0.129. The monoisotopic (exact) mass is 286 g/mol. The first-order chi connectivity index (χ1) is 9.82. The quantitative estimate of drug-likeness (QED) is 0.842. The van der Waals surface area contributed by atoms with Gasteiger partial charge in [-0.1, -0.05) is 13.8 Å². The zero-order valence-corrected chi connectivity index (χ0v) is 11.9. The number of amides is 1. The van der Waals surface area contributed by atoms with Gasteiger partial charge in [0.05, 0.1) is 5.56 Å². The molecule has 0 saturated carbocycles. The topological polar surface area (TPSA) is 107 Å². The summed E-state index contributed by atoms with van der Waals surface area (Å²) in [5.41, 5.74) is -1.18. The highest BCUT2D eigenvalue weighted by molar-refractivity contribution is 6.18. The third kappa shape index (κ3) is 2.14. The number of rotatable bonds is 3. The number of nitrogens with zero attached hydrogens (tertiary/aromatic N) is 4. The number of aliphatic imine (C=N–C) groups is 1. The molecule has 1 aliphatic heterocycles. The van der Waals surface area contributed by atoms with E-state index >= 15 is 0 Å². The van der Waals surface area contributed by atoms with Crippen LogP contribution < -0.4 is 0 Å². The van der Waals surface area contributed by atoms with Gasteiger partial charge in [0.1, 0.15) is 11.2 Å². The molecule has 0 bridgehead atoms. The molecule has 1 unspecified atom stereocenters. The van der Waals surface area contributed by atoms with Gasteiger partial charge in [-0.2, -0.15) is 10.2 Å². The zero-order valence-electron chi connectivity index (χ0n) is 11.9. The van der Waals surface area contributed by atoms with Crippen LogP contribution in [0.4, 0.5) is 0 Å². The highest BCUT2D eigenvalue weighted by Crippen LogP contribution is 2.31. The van der Waals surface area contributed by atoms with E-state index in [0.29, 0.717) is 0 Å². The molecule has 1 N–H and O–H groups in total. The fourth-order valence-electron chi connectivity index (χ4n) is 2.02. The van der Waals surface area contributed by atoms with Crippen LogP contribution in [-0.2, 0) is 4.79 Å². The number of carbonyl (C=O) groups is 2. The zero-order chi connectivity index (χ0) is 15.8. The highest BCUT2D eigenvalue weighted by atomic mass is 16.4. The molecule has 21 heavy (non-hydrogen) atoms. The fraction of sp³-hybridized carbons (Fsp3) is 0.357. The Morgan fingerprint density at radius 1 is 1.52 bits per heavy atom. The average Bonchev–Trinajstić information content (AvgIpc) is 2.72. The minimum atomic E-state index is -1.19. The number of aromatic carboxylic acids is 1. The standard InChI is InChI=1S/C14H14N4O3/c1-8(2)14(3)13(21)18(7-15)11(17-14)10-9(12(19)20)5-4-6-16-10/h4-6,8H,1-3H3,(H,19,20). The molecular weight excluding hydrogens is 272 g/mol. The maximum absolute atomic E-state index is 12.4. The lowest BCUT2D eigenvalue weighted by Crippen LogP contribution is -2.42. The normalized spacial score (nSPS) is 21.4. The molecule has 0 fully saturated rings. The van der Waals surface area contributed by atoms with Crippen molar-refractivity contribution in [1.82, 2.24) is 9.88 Å². The molecule has 0 aliphatic carbocycles. The second-order valence-electron chi connectivity index (χ2n) is 5.18. The number of carboxylic acid groups (broad SMARTS) is 1. The number of nitriles is 1. The highest BCUT2D eigenvalue weighted by Gasteiger charge is 2.48. The predicted molar refractivity (Wildman–Crippen MR) is 73.4 cm³/mol. The Bertz CT molecular complexity index is 690. The first kappa shape index (κ1) is 14.7. The number of pyridine rings is 1. The predicted octanol–water partition coefficient (Wildman–Crippen LogP) is 1.26. The molecule has 7 nitrogen and oxygen atoms in total. The molecule has 1 aromatic rings. The van der Waals surface area contributed by atoms with E-state index in [9.17, 15) is 20.0 Å². The number of aromatic nitrogens is 1. The summed E-state index contributed by atoms with van der Waals surface area (Å²) in [6, 6.07) is 2.83. The Kier molecular flexibility index (Phi) is 3.47. The van der Waals surface area contributed by atoms with Gasteiger partial charge in [0.2, 0.25) is 0 Å². The summed E-state index contributed by atoms with van der Waals surface area (Å²) in [7, 11) is 0. The van der Waals surface area contributed by atoms with Gasteiger partial charge in [-0.15, -0.1) is 0 Å². The van der Waals surface area contributed by atoms with Crippen molar-refractivity contribution in [1.29, 1.82) is 5.26 Å². The van der Waals surface area contributed by atoms with E-state index in [0.717, 1.165) is 4.90 Å². The van der Waals surface area contributed by atoms with Gasteiger partial charge in [0.15, 0.2) is 12.0 Å². The lowest BCUT2D eigenvalue weighted by Gasteiger charge is -2.22. The third-order valence-electron chi connectivity index (χ3n) is 3.66. The van der Waals surface area contributed by atoms with E-state index in [1.165, 1.54) is 18.3 Å². The lowest BCUT2D eigenvalue weighted by atomic mass is 9.89. The molecule has 2 heterocycles. The van der Waals surface area contributed by atoms with Crippen molar-refractivity contribution in [3.05, 3.63) is 29.6 Å². The molecular formula is C14H14N4O3. The van der Waals surface area contributed by atoms with Crippen LogP contribution in [0, 0.1) is 17.4 Å². The van der Waals surface area contributed by atoms with E-state index < -0.39 is 17.4 Å². The summed E-state index contributed by atoms with van der Waals surface area (Å²) in [5.74, 6) is -1.83. The van der Waals surface area contributed by atoms with Gasteiger partial charge in [-0.25, -0.2) is 9.79 Å². The fourth-order valence-corrected chi connectivity index (χ4v) is 2.02. The largest absolute Gasteiger partial charge is 0.478 e. The summed E-state index contributed by atoms with van der Waals surface area (Å²) < 4.78 is 0. The molecule has 0 spiro atoms. The molecule has 1 amide bonds. The second-order valence-corrected chi connectivity index (χ2v) is 5.18. The number of amidine groups is 1. The van der Waals surface area contributed by atoms with Crippen molar-refractivity contribution < 1.29 is 14.7 Å². The summed E-state index contributed by atoms with van der Waals surface area (Å²) in [5, 5.41) is 18.4. The third-order valence-corrected chi connectivity index (χ3v) is 3.66. The van der Waals surface area contributed by atoms with E-state index in [4.69, 9.17) is 0 Å². The van der Waals surface area contributed by atoms with Crippen LogP contribution in [0.2, 0.25) is 0 Å². The van der Waals surface area contributed by atoms with Crippen molar-refractivity contribution in [3.8, 4) is 6.19 Å². The molecule has 108 valence electrons. The van der Waals surface area contributed by atoms with Crippen LogP contribution >= 0.6 is 0 Å². The Labute approximate surface area is 121 Å². The van der Waals surface area contributed by atoms with Crippen LogP contribution in [0.5, 0.6) is 0 Å². The minimum Gasteiger partial charge on any atom is -0.478 e. The average molecular weight is 286 g/mol. The van der Waals surface area contributed by atoms with Crippen molar-refractivity contribution >= 4 is 17.7 Å². The molecule has 7 heteroatoms. The first-order valence-corrected chi connectivity index (χ1v) is 6.35. The summed E-state index contributed by atoms with van der Waals surface area (Å²) in [6.45, 7) is 5.26. The Morgan fingerprint density at radius 2 is 2.19 bits per heavy atom. The van der Waals surface area contributed by atoms with Gasteiger partial charge in [-0.3, -0.25) is 9.78 Å². The molecule has 0 saturated heterocycles. The summed E-state index contributed by atoms with van der Waals surface area (Å²) in [4.78, 5) is 32.8. The smallest absolute Gasteiger partial charge is 0.338 e. The van der Waals surface area contributed by atoms with Crippen LogP contribution in [0.25, 0.3) is 0 Å². The Hall–Kier alpha value is -2.75. The summed E-state index contributed by atoms with van der Waals surface area (Å²) in [6.07, 6.45) is 3.16. The SMILES string of the molecule is CC(C)C1(C)N=C(c2ncccc2C(=O)O)N(C#N)C1=O. The molecule has 2 rings (SSSR count). The van der Waals surface area contributed by atoms with Gasteiger partial charge < -0.3 is 5.11 Å². The van der Waals surface area contributed by atoms with Gasteiger partial charge in [0.25, 0.3) is 5.91 Å². The van der Waals surface area contributed by atoms with Crippen molar-refractivity contribution in [3.63, 3.8) is 0 Å². The van der Waals surface area contributed by atoms with E-state index in [2.05, 4.69) is 9.98 Å². The molecule has 1 atom stereocenters. The van der Waals surface area contributed by atoms with Crippen LogP contribution in [-0.4, -0.2) is 38.2 Å². The number of hydrogen-bond donors (Lipinski definition) is 1. The van der Waals surface area contributed by atoms with Gasteiger partial charge >= 0.3 is 5.97 Å². The number of carboxylic acids is 1. The number of hydrogen-bond acceptors (Lipinski definition) is 5. The van der Waals surface area contributed by atoms with E-state index in [1.54, 1.807) is 13.1 Å². The molecule has 1 aromatic heterocycles. The number of carbonyl (C=O) groups excluding carboxylic acids is 1. The maximum atomic E-state index is 12.4. The molecule has 0 radical (unpaired) electrons. The van der Waals surface area contributed by atoms with Crippen LogP contribution in [0.15, 0.2) is 23.3 Å². The van der Waals surface area contributed by atoms with Gasteiger partial charge in [0, 0.05) is 6.20 Å².